The summed E-state index contributed by atoms with van der Waals surface area (Å²) in [6, 6.07) is 5.83. The molecule has 1 amide bonds. The minimum atomic E-state index is -0.272. The quantitative estimate of drug-likeness (QED) is 0.496. The van der Waals surface area contributed by atoms with Crippen LogP contribution in [-0.2, 0) is 11.3 Å². The highest BCUT2D eigenvalue weighted by atomic mass is 16.5. The number of ether oxygens (including phenoxy) is 2. The second kappa shape index (κ2) is 11.8. The van der Waals surface area contributed by atoms with E-state index in [-0.39, 0.29) is 18.1 Å². The number of hydrogen-bond acceptors (Lipinski definition) is 5. The Labute approximate surface area is 158 Å². The zero-order chi connectivity index (χ0) is 19.4. The average Bonchev–Trinajstić information content (AvgIpc) is 2.56. The van der Waals surface area contributed by atoms with Gasteiger partial charge in [0.05, 0.1) is 6.61 Å². The van der Waals surface area contributed by atoms with E-state index in [0.717, 1.165) is 38.2 Å². The zero-order valence-corrected chi connectivity index (χ0v) is 16.9. The fourth-order valence-electron chi connectivity index (χ4n) is 2.40. The molecule has 0 radical (unpaired) electrons. The van der Waals surface area contributed by atoms with E-state index in [2.05, 4.69) is 22.9 Å². The molecule has 6 nitrogen and oxygen atoms in total. The van der Waals surface area contributed by atoms with Crippen molar-refractivity contribution in [3.8, 4) is 11.5 Å². The standard InChI is InChI=1S/C20H35N3O3/c1-6-21-11-8-12-22-14-16-9-10-17(18(13-16)25-7-2)26-15-19(24)23-20(3,4)5/h9-10,13,21-22H,6-8,11-12,14-15H2,1-5H3,(H,23,24). The van der Waals surface area contributed by atoms with Gasteiger partial charge < -0.3 is 25.4 Å². The maximum atomic E-state index is 11.9. The first-order valence-corrected chi connectivity index (χ1v) is 9.46. The molecule has 0 aliphatic carbocycles. The number of benzene rings is 1. The molecular formula is C20H35N3O3. The Bertz CT molecular complexity index is 542. The predicted molar refractivity (Wildman–Crippen MR) is 106 cm³/mol. The van der Waals surface area contributed by atoms with Crippen molar-refractivity contribution in [1.29, 1.82) is 0 Å². The maximum absolute atomic E-state index is 11.9. The Morgan fingerprint density at radius 2 is 1.77 bits per heavy atom. The van der Waals surface area contributed by atoms with Crippen molar-refractivity contribution >= 4 is 5.91 Å². The van der Waals surface area contributed by atoms with E-state index in [1.165, 1.54) is 0 Å². The summed E-state index contributed by atoms with van der Waals surface area (Å²) in [6.07, 6.45) is 1.09. The van der Waals surface area contributed by atoms with E-state index in [4.69, 9.17) is 9.47 Å². The lowest BCUT2D eigenvalue weighted by Crippen LogP contribution is -2.43. The second-order valence-corrected chi connectivity index (χ2v) is 7.18. The maximum Gasteiger partial charge on any atom is 0.258 e. The van der Waals surface area contributed by atoms with Crippen molar-refractivity contribution in [3.63, 3.8) is 0 Å². The van der Waals surface area contributed by atoms with Crippen LogP contribution in [0, 0.1) is 0 Å². The van der Waals surface area contributed by atoms with Gasteiger partial charge in [0.15, 0.2) is 18.1 Å². The number of nitrogens with one attached hydrogen (secondary N) is 3. The lowest BCUT2D eigenvalue weighted by molar-refractivity contribution is -0.124. The first-order chi connectivity index (χ1) is 12.4. The Hall–Kier alpha value is -1.79. The summed E-state index contributed by atoms with van der Waals surface area (Å²) in [5.74, 6) is 1.11. The van der Waals surface area contributed by atoms with Gasteiger partial charge in [0.1, 0.15) is 0 Å². The highest BCUT2D eigenvalue weighted by molar-refractivity contribution is 5.78. The van der Waals surface area contributed by atoms with Gasteiger partial charge in [-0.3, -0.25) is 4.79 Å². The van der Waals surface area contributed by atoms with Crippen LogP contribution in [0.15, 0.2) is 18.2 Å². The largest absolute Gasteiger partial charge is 0.490 e. The van der Waals surface area contributed by atoms with Crippen LogP contribution in [0.5, 0.6) is 11.5 Å². The number of rotatable bonds is 12. The van der Waals surface area contributed by atoms with Crippen molar-refractivity contribution in [1.82, 2.24) is 16.0 Å². The molecule has 0 aromatic heterocycles. The van der Waals surface area contributed by atoms with Crippen LogP contribution in [0.3, 0.4) is 0 Å². The van der Waals surface area contributed by atoms with E-state index >= 15 is 0 Å². The Morgan fingerprint density at radius 3 is 2.42 bits per heavy atom. The van der Waals surface area contributed by atoms with E-state index in [9.17, 15) is 4.79 Å². The predicted octanol–water partition coefficient (Wildman–Crippen LogP) is 2.47. The van der Waals surface area contributed by atoms with Crippen molar-refractivity contribution in [2.75, 3.05) is 32.8 Å². The molecule has 0 fully saturated rings. The third kappa shape index (κ3) is 9.63. The molecule has 1 aromatic rings. The number of amides is 1. The number of carbonyl (C=O) groups excluding carboxylic acids is 1. The van der Waals surface area contributed by atoms with Gasteiger partial charge in [-0.05, 0) is 71.4 Å². The van der Waals surface area contributed by atoms with Crippen LogP contribution in [0.4, 0.5) is 0 Å². The topological polar surface area (TPSA) is 71.6 Å². The van der Waals surface area contributed by atoms with Crippen LogP contribution in [0.25, 0.3) is 0 Å². The van der Waals surface area contributed by atoms with Gasteiger partial charge in [0, 0.05) is 12.1 Å². The smallest absolute Gasteiger partial charge is 0.258 e. The average molecular weight is 366 g/mol. The van der Waals surface area contributed by atoms with Gasteiger partial charge in [-0.1, -0.05) is 13.0 Å². The van der Waals surface area contributed by atoms with E-state index in [1.807, 2.05) is 45.9 Å². The Morgan fingerprint density at radius 1 is 1.04 bits per heavy atom. The summed E-state index contributed by atoms with van der Waals surface area (Å²) in [5.41, 5.74) is 0.856. The molecule has 0 unspecified atom stereocenters. The molecule has 0 saturated heterocycles. The van der Waals surface area contributed by atoms with Crippen LogP contribution in [0.1, 0.15) is 46.6 Å². The summed E-state index contributed by atoms with van der Waals surface area (Å²) in [5, 5.41) is 9.61. The molecule has 0 aliphatic rings. The molecule has 0 aliphatic heterocycles. The van der Waals surface area contributed by atoms with Crippen LogP contribution in [0.2, 0.25) is 0 Å². The molecule has 0 atom stereocenters. The molecule has 148 valence electrons. The molecule has 0 heterocycles. The third-order valence-corrected chi connectivity index (χ3v) is 3.47. The summed E-state index contributed by atoms with van der Waals surface area (Å²) >= 11 is 0. The molecule has 0 spiro atoms. The number of hydrogen-bond donors (Lipinski definition) is 3. The third-order valence-electron chi connectivity index (χ3n) is 3.47. The van der Waals surface area contributed by atoms with Crippen LogP contribution >= 0.6 is 0 Å². The molecule has 26 heavy (non-hydrogen) atoms. The Kier molecular flexibility index (Phi) is 10.1. The van der Waals surface area contributed by atoms with Gasteiger partial charge >= 0.3 is 0 Å². The van der Waals surface area contributed by atoms with Crippen molar-refractivity contribution in [3.05, 3.63) is 23.8 Å². The van der Waals surface area contributed by atoms with E-state index in [0.29, 0.717) is 18.1 Å². The highest BCUT2D eigenvalue weighted by Gasteiger charge is 2.15. The van der Waals surface area contributed by atoms with Gasteiger partial charge in [0.25, 0.3) is 5.91 Å². The molecule has 0 saturated carbocycles. The minimum Gasteiger partial charge on any atom is -0.490 e. The molecule has 0 bridgehead atoms. The highest BCUT2D eigenvalue weighted by Crippen LogP contribution is 2.28. The lowest BCUT2D eigenvalue weighted by atomic mass is 10.1. The second-order valence-electron chi connectivity index (χ2n) is 7.18. The SMILES string of the molecule is CCNCCCNCc1ccc(OCC(=O)NC(C)(C)C)c(OCC)c1. The first kappa shape index (κ1) is 22.3. The molecule has 6 heteroatoms. The first-order valence-electron chi connectivity index (χ1n) is 9.46. The molecular weight excluding hydrogens is 330 g/mol. The summed E-state index contributed by atoms with van der Waals surface area (Å²) in [4.78, 5) is 11.9. The summed E-state index contributed by atoms with van der Waals surface area (Å²) in [6.45, 7) is 14.2. The fourth-order valence-corrected chi connectivity index (χ4v) is 2.40. The Balaban J connectivity index is 2.55. The minimum absolute atomic E-state index is 0.0284. The zero-order valence-electron chi connectivity index (χ0n) is 16.9. The molecule has 1 rings (SSSR count). The lowest BCUT2D eigenvalue weighted by Gasteiger charge is -2.21. The van der Waals surface area contributed by atoms with E-state index < -0.39 is 0 Å². The molecule has 3 N–H and O–H groups in total. The van der Waals surface area contributed by atoms with Crippen molar-refractivity contribution < 1.29 is 14.3 Å². The van der Waals surface area contributed by atoms with Crippen molar-refractivity contribution in [2.24, 2.45) is 0 Å². The van der Waals surface area contributed by atoms with Gasteiger partial charge in [-0.25, -0.2) is 0 Å². The summed E-state index contributed by atoms with van der Waals surface area (Å²) < 4.78 is 11.3. The van der Waals surface area contributed by atoms with Crippen molar-refractivity contribution in [2.45, 2.75) is 53.1 Å². The van der Waals surface area contributed by atoms with E-state index in [1.54, 1.807) is 0 Å². The normalized spacial score (nSPS) is 11.3. The number of carbonyl (C=O) groups is 1. The molecule has 1 aromatic carbocycles. The van der Waals surface area contributed by atoms with Crippen LogP contribution in [-0.4, -0.2) is 44.3 Å². The fraction of sp³-hybridized carbons (Fsp3) is 0.650. The van der Waals surface area contributed by atoms with Gasteiger partial charge in [0.2, 0.25) is 0 Å². The van der Waals surface area contributed by atoms with Crippen LogP contribution < -0.4 is 25.4 Å². The van der Waals surface area contributed by atoms with Gasteiger partial charge in [-0.2, -0.15) is 0 Å². The van der Waals surface area contributed by atoms with Gasteiger partial charge in [-0.15, -0.1) is 0 Å². The monoisotopic (exact) mass is 365 g/mol. The summed E-state index contributed by atoms with van der Waals surface area (Å²) in [7, 11) is 0.